The van der Waals surface area contributed by atoms with Gasteiger partial charge in [-0.1, -0.05) is 23.9 Å². The fraction of sp³-hybridized carbons (Fsp3) is 0.316. The van der Waals surface area contributed by atoms with Gasteiger partial charge >= 0.3 is 0 Å². The molecule has 7 nitrogen and oxygen atoms in total. The van der Waals surface area contributed by atoms with E-state index in [2.05, 4.69) is 10.3 Å². The van der Waals surface area contributed by atoms with Gasteiger partial charge in [0.05, 0.1) is 29.0 Å². The molecule has 0 aliphatic heterocycles. The molecule has 2 aromatic heterocycles. The van der Waals surface area contributed by atoms with Gasteiger partial charge in [0.15, 0.2) is 5.16 Å². The summed E-state index contributed by atoms with van der Waals surface area (Å²) < 4.78 is 6.80. The maximum atomic E-state index is 12.7. The number of para-hydroxylation sites is 1. The van der Waals surface area contributed by atoms with Crippen LogP contribution in [-0.4, -0.2) is 32.9 Å². The SMILES string of the molecule is CC(NC(=O)CSc1nc2ccccc2c(=O)n1CCCO)c1ccco1. The second-order valence-electron chi connectivity index (χ2n) is 6.04. The predicted octanol–water partition coefficient (Wildman–Crippen LogP) is 2.34. The number of fused-ring (bicyclic) bond motifs is 1. The Morgan fingerprint density at radius 3 is 2.89 bits per heavy atom. The zero-order valence-corrected chi connectivity index (χ0v) is 15.7. The predicted molar refractivity (Wildman–Crippen MR) is 104 cm³/mol. The van der Waals surface area contributed by atoms with Gasteiger partial charge in [-0.05, 0) is 37.6 Å². The summed E-state index contributed by atoms with van der Waals surface area (Å²) in [6, 6.07) is 10.4. The molecule has 0 saturated heterocycles. The molecule has 0 aliphatic carbocycles. The van der Waals surface area contributed by atoms with Gasteiger partial charge in [-0.15, -0.1) is 0 Å². The van der Waals surface area contributed by atoms with Crippen LogP contribution >= 0.6 is 11.8 Å². The summed E-state index contributed by atoms with van der Waals surface area (Å²) in [5.41, 5.74) is 0.426. The van der Waals surface area contributed by atoms with Crippen LogP contribution in [0.5, 0.6) is 0 Å². The van der Waals surface area contributed by atoms with Gasteiger partial charge in [0.25, 0.3) is 5.56 Å². The molecule has 2 heterocycles. The van der Waals surface area contributed by atoms with Crippen molar-refractivity contribution >= 4 is 28.6 Å². The van der Waals surface area contributed by atoms with Gasteiger partial charge in [0, 0.05) is 13.2 Å². The maximum Gasteiger partial charge on any atom is 0.262 e. The summed E-state index contributed by atoms with van der Waals surface area (Å²) in [6.45, 7) is 2.16. The van der Waals surface area contributed by atoms with Crippen molar-refractivity contribution in [1.82, 2.24) is 14.9 Å². The summed E-state index contributed by atoms with van der Waals surface area (Å²) in [6.07, 6.45) is 2.00. The second-order valence-corrected chi connectivity index (χ2v) is 6.98. The van der Waals surface area contributed by atoms with Crippen molar-refractivity contribution in [3.05, 3.63) is 58.8 Å². The Balaban J connectivity index is 1.76. The molecule has 0 fully saturated rings. The number of carbonyl (C=O) groups is 1. The van der Waals surface area contributed by atoms with E-state index in [1.54, 1.807) is 36.6 Å². The number of nitrogens with one attached hydrogen (secondary N) is 1. The normalized spacial score (nSPS) is 12.2. The van der Waals surface area contributed by atoms with E-state index in [1.807, 2.05) is 13.0 Å². The van der Waals surface area contributed by atoms with Crippen molar-refractivity contribution < 1.29 is 14.3 Å². The third kappa shape index (κ3) is 4.58. The van der Waals surface area contributed by atoms with Gasteiger partial charge < -0.3 is 14.8 Å². The van der Waals surface area contributed by atoms with Crippen molar-refractivity contribution in [2.45, 2.75) is 31.1 Å². The van der Waals surface area contributed by atoms with E-state index in [4.69, 9.17) is 9.52 Å². The highest BCUT2D eigenvalue weighted by Crippen LogP contribution is 2.19. The Labute approximate surface area is 160 Å². The third-order valence-corrected chi connectivity index (χ3v) is 5.02. The van der Waals surface area contributed by atoms with E-state index in [1.165, 1.54) is 16.3 Å². The lowest BCUT2D eigenvalue weighted by molar-refractivity contribution is -0.119. The Hall–Kier alpha value is -2.58. The Kier molecular flexibility index (Phi) is 6.31. The number of nitrogens with zero attached hydrogens (tertiary/aromatic N) is 2. The van der Waals surface area contributed by atoms with Gasteiger partial charge in [-0.2, -0.15) is 0 Å². The number of carbonyl (C=O) groups excluding carboxylic acids is 1. The molecular weight excluding hydrogens is 366 g/mol. The first-order valence-corrected chi connectivity index (χ1v) is 9.64. The van der Waals surface area contributed by atoms with Gasteiger partial charge in [-0.25, -0.2) is 4.98 Å². The largest absolute Gasteiger partial charge is 0.467 e. The minimum Gasteiger partial charge on any atom is -0.467 e. The summed E-state index contributed by atoms with van der Waals surface area (Å²) in [4.78, 5) is 29.6. The van der Waals surface area contributed by atoms with E-state index in [0.29, 0.717) is 34.8 Å². The number of rotatable bonds is 8. The molecule has 0 radical (unpaired) electrons. The highest BCUT2D eigenvalue weighted by Gasteiger charge is 2.15. The Morgan fingerprint density at radius 2 is 2.15 bits per heavy atom. The Bertz CT molecular complexity index is 969. The number of hydrogen-bond donors (Lipinski definition) is 2. The number of amides is 1. The molecule has 1 atom stereocenters. The van der Waals surface area contributed by atoms with E-state index >= 15 is 0 Å². The van der Waals surface area contributed by atoms with E-state index in [0.717, 1.165) is 0 Å². The summed E-state index contributed by atoms with van der Waals surface area (Å²) in [5.74, 6) is 0.617. The summed E-state index contributed by atoms with van der Waals surface area (Å²) >= 11 is 1.20. The first-order valence-electron chi connectivity index (χ1n) is 8.66. The molecule has 0 aliphatic rings. The standard InChI is InChI=1S/C19H21N3O4S/c1-13(16-8-4-11-26-16)20-17(24)12-27-19-21-15-7-3-2-6-14(15)18(25)22(19)9-5-10-23/h2-4,6-8,11,13,23H,5,9-10,12H2,1H3,(H,20,24). The van der Waals surface area contributed by atoms with Crippen molar-refractivity contribution in [2.24, 2.45) is 0 Å². The highest BCUT2D eigenvalue weighted by molar-refractivity contribution is 7.99. The number of aliphatic hydroxyl groups is 1. The van der Waals surface area contributed by atoms with E-state index in [9.17, 15) is 9.59 Å². The fourth-order valence-electron chi connectivity index (χ4n) is 2.71. The lowest BCUT2D eigenvalue weighted by atomic mass is 10.2. The first-order chi connectivity index (χ1) is 13.1. The molecule has 3 aromatic rings. The van der Waals surface area contributed by atoms with Crippen molar-refractivity contribution in [1.29, 1.82) is 0 Å². The molecule has 0 bridgehead atoms. The number of furan rings is 1. The van der Waals surface area contributed by atoms with Crippen LogP contribution in [0.15, 0.2) is 57.0 Å². The number of benzene rings is 1. The number of thioether (sulfide) groups is 1. The van der Waals surface area contributed by atoms with Crippen LogP contribution in [0.1, 0.15) is 25.1 Å². The number of aliphatic hydroxyl groups excluding tert-OH is 1. The average molecular weight is 387 g/mol. The topological polar surface area (TPSA) is 97.4 Å². The van der Waals surface area contributed by atoms with Crippen molar-refractivity contribution in [3.63, 3.8) is 0 Å². The quantitative estimate of drug-likeness (QED) is 0.455. The molecule has 8 heteroatoms. The van der Waals surface area contributed by atoms with Crippen LogP contribution in [0.3, 0.4) is 0 Å². The Morgan fingerprint density at radius 1 is 1.33 bits per heavy atom. The molecule has 1 aromatic carbocycles. The van der Waals surface area contributed by atoms with Crippen LogP contribution in [0.2, 0.25) is 0 Å². The van der Waals surface area contributed by atoms with Crippen LogP contribution in [0.4, 0.5) is 0 Å². The monoisotopic (exact) mass is 387 g/mol. The lowest BCUT2D eigenvalue weighted by Gasteiger charge is -2.14. The molecule has 27 heavy (non-hydrogen) atoms. The maximum absolute atomic E-state index is 12.7. The molecular formula is C19H21N3O4S. The number of hydrogen-bond acceptors (Lipinski definition) is 6. The van der Waals surface area contributed by atoms with Crippen LogP contribution in [0, 0.1) is 0 Å². The van der Waals surface area contributed by atoms with Gasteiger partial charge in [0.1, 0.15) is 5.76 Å². The third-order valence-electron chi connectivity index (χ3n) is 4.05. The van der Waals surface area contributed by atoms with Crippen LogP contribution in [-0.2, 0) is 11.3 Å². The highest BCUT2D eigenvalue weighted by atomic mass is 32.2. The van der Waals surface area contributed by atoms with E-state index < -0.39 is 0 Å². The zero-order valence-electron chi connectivity index (χ0n) is 14.9. The van der Waals surface area contributed by atoms with Crippen LogP contribution < -0.4 is 10.9 Å². The van der Waals surface area contributed by atoms with Gasteiger partial charge in [0.2, 0.25) is 5.91 Å². The first kappa shape index (κ1) is 19.2. The molecule has 2 N–H and O–H groups in total. The zero-order chi connectivity index (χ0) is 19.2. The van der Waals surface area contributed by atoms with Crippen molar-refractivity contribution in [2.75, 3.05) is 12.4 Å². The molecule has 1 unspecified atom stereocenters. The molecule has 0 spiro atoms. The smallest absolute Gasteiger partial charge is 0.262 e. The van der Waals surface area contributed by atoms with E-state index in [-0.39, 0.29) is 29.9 Å². The minimum atomic E-state index is -0.241. The van der Waals surface area contributed by atoms with Crippen molar-refractivity contribution in [3.8, 4) is 0 Å². The lowest BCUT2D eigenvalue weighted by Crippen LogP contribution is -2.29. The fourth-order valence-corrected chi connectivity index (χ4v) is 3.54. The molecule has 3 rings (SSSR count). The summed E-state index contributed by atoms with van der Waals surface area (Å²) in [5, 5.41) is 13.0. The molecule has 0 saturated carbocycles. The average Bonchev–Trinajstić information content (AvgIpc) is 3.21. The minimum absolute atomic E-state index is 0.0233. The van der Waals surface area contributed by atoms with Crippen LogP contribution in [0.25, 0.3) is 10.9 Å². The molecule has 1 amide bonds. The molecule has 142 valence electrons. The van der Waals surface area contributed by atoms with Gasteiger partial charge in [-0.3, -0.25) is 14.2 Å². The number of aromatic nitrogens is 2. The summed E-state index contributed by atoms with van der Waals surface area (Å²) in [7, 11) is 0. The second kappa shape index (κ2) is 8.88.